The Hall–Kier alpha value is -2.95. The van der Waals surface area contributed by atoms with Crippen molar-refractivity contribution in [3.63, 3.8) is 0 Å². The highest BCUT2D eigenvalue weighted by molar-refractivity contribution is 5.83. The zero-order valence-corrected chi connectivity index (χ0v) is 11.2. The van der Waals surface area contributed by atoms with Crippen molar-refractivity contribution in [3.05, 3.63) is 52.9 Å². The first kappa shape index (κ1) is 13.1. The number of methoxy groups -OCH3 is 1. The Morgan fingerprint density at radius 1 is 1.05 bits per heavy atom. The molecular weight excluding hydrogens is 272 g/mol. The average Bonchev–Trinajstić information content (AvgIpc) is 2.46. The Balaban J connectivity index is 2.26. The van der Waals surface area contributed by atoms with Crippen LogP contribution in [0.1, 0.15) is 0 Å². The van der Waals surface area contributed by atoms with Gasteiger partial charge in [0.25, 0.3) is 0 Å². The molecule has 0 spiro atoms. The van der Waals surface area contributed by atoms with Crippen LogP contribution in [0.5, 0.6) is 17.2 Å². The molecule has 0 atom stereocenters. The monoisotopic (exact) mass is 284 g/mol. The summed E-state index contributed by atoms with van der Waals surface area (Å²) >= 11 is 0. The zero-order chi connectivity index (χ0) is 15.0. The summed E-state index contributed by atoms with van der Waals surface area (Å²) in [5.74, 6) is 0.460. The van der Waals surface area contributed by atoms with Crippen molar-refractivity contribution in [1.29, 1.82) is 0 Å². The van der Waals surface area contributed by atoms with Crippen LogP contribution < -0.4 is 10.2 Å². The quantitative estimate of drug-likeness (QED) is 0.756. The summed E-state index contributed by atoms with van der Waals surface area (Å²) in [6.45, 7) is 0. The molecule has 3 rings (SSSR count). The maximum Gasteiger partial charge on any atom is 0.200 e. The fraction of sp³-hybridized carbons (Fsp3) is 0.0625. The zero-order valence-electron chi connectivity index (χ0n) is 11.2. The minimum atomic E-state index is -0.246. The van der Waals surface area contributed by atoms with Gasteiger partial charge >= 0.3 is 0 Å². The predicted octanol–water partition coefficient (Wildman–Crippen LogP) is 2.88. The number of ether oxygens (including phenoxy) is 1. The third-order valence-electron chi connectivity index (χ3n) is 3.20. The molecule has 0 fully saturated rings. The molecule has 5 nitrogen and oxygen atoms in total. The van der Waals surface area contributed by atoms with Crippen molar-refractivity contribution in [1.82, 2.24) is 0 Å². The van der Waals surface area contributed by atoms with Crippen molar-refractivity contribution in [2.75, 3.05) is 7.11 Å². The highest BCUT2D eigenvalue weighted by Crippen LogP contribution is 2.29. The number of rotatable bonds is 2. The molecular formula is C16H12O5. The summed E-state index contributed by atoms with van der Waals surface area (Å²) in [5.41, 5.74) is 0.859. The molecule has 0 bridgehead atoms. The van der Waals surface area contributed by atoms with Gasteiger partial charge in [0.05, 0.1) is 18.1 Å². The summed E-state index contributed by atoms with van der Waals surface area (Å²) in [6.07, 6.45) is 1.30. The first-order valence-corrected chi connectivity index (χ1v) is 6.21. The Morgan fingerprint density at radius 3 is 2.62 bits per heavy atom. The highest BCUT2D eigenvalue weighted by atomic mass is 16.5. The van der Waals surface area contributed by atoms with Crippen LogP contribution in [0.2, 0.25) is 0 Å². The van der Waals surface area contributed by atoms with Crippen LogP contribution in [0.15, 0.2) is 51.9 Å². The molecule has 0 aliphatic carbocycles. The summed E-state index contributed by atoms with van der Waals surface area (Å²) in [4.78, 5) is 12.5. The highest BCUT2D eigenvalue weighted by Gasteiger charge is 2.11. The number of hydrogen-bond acceptors (Lipinski definition) is 5. The minimum Gasteiger partial charge on any atom is -0.508 e. The molecule has 2 N–H and O–H groups in total. The van der Waals surface area contributed by atoms with Gasteiger partial charge in [-0.05, 0) is 29.8 Å². The Bertz CT molecular complexity index is 879. The third-order valence-corrected chi connectivity index (χ3v) is 3.20. The van der Waals surface area contributed by atoms with Gasteiger partial charge in [0, 0.05) is 12.1 Å². The van der Waals surface area contributed by atoms with E-state index in [1.807, 2.05) is 0 Å². The van der Waals surface area contributed by atoms with E-state index in [4.69, 9.17) is 9.15 Å². The van der Waals surface area contributed by atoms with Crippen LogP contribution in [0, 0.1) is 0 Å². The molecule has 0 aliphatic heterocycles. The van der Waals surface area contributed by atoms with E-state index in [-0.39, 0.29) is 16.9 Å². The second-order valence-corrected chi connectivity index (χ2v) is 4.58. The Morgan fingerprint density at radius 2 is 1.86 bits per heavy atom. The van der Waals surface area contributed by atoms with E-state index < -0.39 is 0 Å². The Labute approximate surface area is 119 Å². The summed E-state index contributed by atoms with van der Waals surface area (Å²) in [5, 5.41) is 19.4. The minimum absolute atomic E-state index is 0.00504. The van der Waals surface area contributed by atoms with Gasteiger partial charge in [0.15, 0.2) is 5.43 Å². The molecule has 1 aromatic heterocycles. The average molecular weight is 284 g/mol. The molecule has 0 saturated heterocycles. The first-order valence-electron chi connectivity index (χ1n) is 6.21. The van der Waals surface area contributed by atoms with Crippen molar-refractivity contribution in [3.8, 4) is 28.4 Å². The molecule has 3 aromatic rings. The Kier molecular flexibility index (Phi) is 3.02. The molecule has 0 amide bonds. The second-order valence-electron chi connectivity index (χ2n) is 4.58. The number of aromatic hydroxyl groups is 2. The summed E-state index contributed by atoms with van der Waals surface area (Å²) < 4.78 is 10.5. The number of phenolic OH excluding ortho intramolecular Hbond substituents is 2. The van der Waals surface area contributed by atoms with Gasteiger partial charge < -0.3 is 19.4 Å². The lowest BCUT2D eigenvalue weighted by Gasteiger charge is -2.06. The third kappa shape index (κ3) is 2.29. The van der Waals surface area contributed by atoms with Crippen molar-refractivity contribution in [2.45, 2.75) is 0 Å². The van der Waals surface area contributed by atoms with Crippen molar-refractivity contribution in [2.24, 2.45) is 0 Å². The van der Waals surface area contributed by atoms with E-state index in [0.29, 0.717) is 27.8 Å². The fourth-order valence-corrected chi connectivity index (χ4v) is 2.17. The number of fused-ring (bicyclic) bond motifs is 1. The molecule has 1 heterocycles. The van der Waals surface area contributed by atoms with Crippen molar-refractivity contribution < 1.29 is 19.4 Å². The largest absolute Gasteiger partial charge is 0.508 e. The summed E-state index contributed by atoms with van der Waals surface area (Å²) in [7, 11) is 1.48. The van der Waals surface area contributed by atoms with E-state index in [0.717, 1.165) is 0 Å². The maximum atomic E-state index is 12.5. The van der Waals surface area contributed by atoms with Crippen LogP contribution in [0.25, 0.3) is 22.1 Å². The number of phenols is 2. The van der Waals surface area contributed by atoms with Gasteiger partial charge in [0.2, 0.25) is 0 Å². The van der Waals surface area contributed by atoms with Gasteiger partial charge in [0.1, 0.15) is 29.1 Å². The fourth-order valence-electron chi connectivity index (χ4n) is 2.17. The van der Waals surface area contributed by atoms with Gasteiger partial charge in [-0.15, -0.1) is 0 Å². The van der Waals surface area contributed by atoms with Gasteiger partial charge in [-0.1, -0.05) is 0 Å². The van der Waals surface area contributed by atoms with Crippen LogP contribution in [-0.4, -0.2) is 17.3 Å². The molecule has 5 heteroatoms. The van der Waals surface area contributed by atoms with Gasteiger partial charge in [-0.25, -0.2) is 0 Å². The lowest BCUT2D eigenvalue weighted by atomic mass is 10.0. The first-order chi connectivity index (χ1) is 10.1. The molecule has 21 heavy (non-hydrogen) atoms. The SMILES string of the molecule is COc1cc(O)cc(-c2coc3cc(O)ccc3c2=O)c1. The van der Waals surface area contributed by atoms with Crippen LogP contribution >= 0.6 is 0 Å². The van der Waals surface area contributed by atoms with E-state index in [1.54, 1.807) is 6.07 Å². The molecule has 106 valence electrons. The number of hydrogen-bond donors (Lipinski definition) is 2. The van der Waals surface area contributed by atoms with E-state index in [1.165, 1.54) is 43.7 Å². The topological polar surface area (TPSA) is 79.9 Å². The molecule has 0 saturated carbocycles. The maximum absolute atomic E-state index is 12.5. The van der Waals surface area contributed by atoms with Crippen LogP contribution in [0.4, 0.5) is 0 Å². The smallest absolute Gasteiger partial charge is 0.200 e. The predicted molar refractivity (Wildman–Crippen MR) is 77.8 cm³/mol. The molecule has 0 unspecified atom stereocenters. The lowest BCUT2D eigenvalue weighted by Crippen LogP contribution is -2.04. The van der Waals surface area contributed by atoms with E-state index in [2.05, 4.69) is 0 Å². The second kappa shape index (κ2) is 4.86. The van der Waals surface area contributed by atoms with Crippen LogP contribution in [-0.2, 0) is 0 Å². The van der Waals surface area contributed by atoms with Gasteiger partial charge in [-0.3, -0.25) is 4.79 Å². The van der Waals surface area contributed by atoms with Gasteiger partial charge in [-0.2, -0.15) is 0 Å². The summed E-state index contributed by atoms with van der Waals surface area (Å²) in [6, 6.07) is 8.85. The van der Waals surface area contributed by atoms with E-state index >= 15 is 0 Å². The molecule has 0 aliphatic rings. The standard InChI is InChI=1S/C16H12O5/c1-20-12-5-9(4-11(18)6-12)14-8-21-15-7-10(17)2-3-13(15)16(14)19/h2-8,17-18H,1H3. The normalized spacial score (nSPS) is 10.7. The van der Waals surface area contributed by atoms with Crippen molar-refractivity contribution >= 4 is 11.0 Å². The van der Waals surface area contributed by atoms with E-state index in [9.17, 15) is 15.0 Å². The number of benzene rings is 2. The van der Waals surface area contributed by atoms with Crippen LogP contribution in [0.3, 0.4) is 0 Å². The molecule has 0 radical (unpaired) electrons. The molecule has 2 aromatic carbocycles. The lowest BCUT2D eigenvalue weighted by molar-refractivity contribution is 0.408.